The van der Waals surface area contributed by atoms with Crippen molar-refractivity contribution in [2.45, 2.75) is 33.2 Å². The van der Waals surface area contributed by atoms with Gasteiger partial charge in [-0.05, 0) is 38.8 Å². The van der Waals surface area contributed by atoms with E-state index in [9.17, 15) is 9.59 Å². The van der Waals surface area contributed by atoms with Crippen molar-refractivity contribution in [1.29, 1.82) is 0 Å². The fourth-order valence-electron chi connectivity index (χ4n) is 2.53. The zero-order valence-electron chi connectivity index (χ0n) is 13.2. The number of para-hydroxylation sites is 1. The van der Waals surface area contributed by atoms with Crippen molar-refractivity contribution < 1.29 is 19.1 Å². The molecule has 1 aliphatic rings. The number of carbonyl (C=O) groups is 2. The molecule has 0 aromatic heterocycles. The predicted molar refractivity (Wildman–Crippen MR) is 83.4 cm³/mol. The lowest BCUT2D eigenvalue weighted by molar-refractivity contribution is -0.146. The van der Waals surface area contributed by atoms with Gasteiger partial charge in [-0.15, -0.1) is 0 Å². The Morgan fingerprint density at radius 3 is 2.36 bits per heavy atom. The first-order valence-corrected chi connectivity index (χ1v) is 7.50. The largest absolute Gasteiger partial charge is 0.462 e. The van der Waals surface area contributed by atoms with Crippen molar-refractivity contribution in [2.75, 3.05) is 18.1 Å². The van der Waals surface area contributed by atoms with Gasteiger partial charge in [0.2, 0.25) is 0 Å². The Bertz CT molecular complexity index is 574. The summed E-state index contributed by atoms with van der Waals surface area (Å²) in [5.74, 6) is -1.31. The van der Waals surface area contributed by atoms with E-state index >= 15 is 0 Å². The number of fused-ring (bicyclic) bond motifs is 1. The van der Waals surface area contributed by atoms with Crippen LogP contribution in [0.5, 0.6) is 0 Å². The molecular weight excluding hydrogens is 282 g/mol. The maximum Gasteiger partial charge on any atom is 0.347 e. The Hall–Kier alpha value is -2.30. The van der Waals surface area contributed by atoms with Crippen LogP contribution in [0.4, 0.5) is 5.69 Å². The molecular formula is C17H21NO4. The fraction of sp³-hybridized carbons (Fsp3) is 0.412. The zero-order valence-corrected chi connectivity index (χ0v) is 13.2. The molecule has 5 heteroatoms. The van der Waals surface area contributed by atoms with Gasteiger partial charge in [0.15, 0.2) is 5.57 Å². The highest BCUT2D eigenvalue weighted by molar-refractivity contribution is 6.14. The van der Waals surface area contributed by atoms with Crippen molar-refractivity contribution in [1.82, 2.24) is 0 Å². The summed E-state index contributed by atoms with van der Waals surface area (Å²) in [5, 5.41) is 0. The molecule has 1 heterocycles. The van der Waals surface area contributed by atoms with Crippen LogP contribution in [-0.4, -0.2) is 31.2 Å². The minimum atomic E-state index is -0.655. The van der Waals surface area contributed by atoms with Crippen LogP contribution in [0.2, 0.25) is 0 Å². The highest BCUT2D eigenvalue weighted by Crippen LogP contribution is 2.32. The van der Waals surface area contributed by atoms with Gasteiger partial charge in [-0.1, -0.05) is 18.2 Å². The summed E-state index contributed by atoms with van der Waals surface area (Å²) in [6, 6.07) is 8.11. The van der Waals surface area contributed by atoms with E-state index < -0.39 is 11.9 Å². The third kappa shape index (κ3) is 3.30. The SMILES string of the molecule is CCOC(=O)C(=CN1c2ccccc2CC1C)C(=O)OCC. The van der Waals surface area contributed by atoms with E-state index in [1.165, 1.54) is 5.56 Å². The topological polar surface area (TPSA) is 55.8 Å². The summed E-state index contributed by atoms with van der Waals surface area (Å²) >= 11 is 0. The molecule has 0 saturated carbocycles. The van der Waals surface area contributed by atoms with Gasteiger partial charge < -0.3 is 14.4 Å². The average Bonchev–Trinajstić information content (AvgIpc) is 2.80. The van der Waals surface area contributed by atoms with E-state index in [0.717, 1.165) is 12.1 Å². The van der Waals surface area contributed by atoms with Crippen molar-refractivity contribution in [3.8, 4) is 0 Å². The molecule has 0 radical (unpaired) electrons. The Morgan fingerprint density at radius 2 is 1.77 bits per heavy atom. The Morgan fingerprint density at radius 1 is 1.18 bits per heavy atom. The fourth-order valence-corrected chi connectivity index (χ4v) is 2.53. The molecule has 5 nitrogen and oxygen atoms in total. The molecule has 1 unspecified atom stereocenters. The molecule has 0 spiro atoms. The van der Waals surface area contributed by atoms with Crippen molar-refractivity contribution in [2.24, 2.45) is 0 Å². The molecule has 0 fully saturated rings. The lowest BCUT2D eigenvalue weighted by Crippen LogP contribution is -2.28. The third-order valence-electron chi connectivity index (χ3n) is 3.52. The Kier molecular flexibility index (Phi) is 5.20. The van der Waals surface area contributed by atoms with Gasteiger partial charge in [-0.2, -0.15) is 0 Å². The highest BCUT2D eigenvalue weighted by Gasteiger charge is 2.28. The predicted octanol–water partition coefficient (Wildman–Crippen LogP) is 2.45. The molecule has 0 N–H and O–H groups in total. The minimum Gasteiger partial charge on any atom is -0.462 e. The number of rotatable bonds is 5. The van der Waals surface area contributed by atoms with E-state index in [4.69, 9.17) is 9.47 Å². The summed E-state index contributed by atoms with van der Waals surface area (Å²) in [6.07, 6.45) is 2.41. The number of anilines is 1. The van der Waals surface area contributed by atoms with Crippen LogP contribution in [0.3, 0.4) is 0 Å². The molecule has 0 aliphatic carbocycles. The van der Waals surface area contributed by atoms with E-state index in [2.05, 4.69) is 0 Å². The summed E-state index contributed by atoms with van der Waals surface area (Å²) in [6.45, 7) is 5.87. The number of hydrogen-bond acceptors (Lipinski definition) is 5. The second-order valence-electron chi connectivity index (χ2n) is 5.07. The van der Waals surface area contributed by atoms with Gasteiger partial charge in [0, 0.05) is 17.9 Å². The van der Waals surface area contributed by atoms with Crippen LogP contribution >= 0.6 is 0 Å². The lowest BCUT2D eigenvalue weighted by atomic mass is 10.1. The third-order valence-corrected chi connectivity index (χ3v) is 3.52. The quantitative estimate of drug-likeness (QED) is 0.362. The van der Waals surface area contributed by atoms with Crippen molar-refractivity contribution in [3.63, 3.8) is 0 Å². The number of hydrogen-bond donors (Lipinski definition) is 0. The Labute approximate surface area is 130 Å². The van der Waals surface area contributed by atoms with Gasteiger partial charge >= 0.3 is 11.9 Å². The van der Waals surface area contributed by atoms with Crippen LogP contribution in [0.15, 0.2) is 36.0 Å². The standard InChI is InChI=1S/C17H21NO4/c1-4-21-16(19)14(17(20)22-5-2)11-18-12(3)10-13-8-6-7-9-15(13)18/h6-9,11-12H,4-5,10H2,1-3H3. The summed E-state index contributed by atoms with van der Waals surface area (Å²) < 4.78 is 9.94. The molecule has 0 amide bonds. The van der Waals surface area contributed by atoms with Gasteiger partial charge in [-0.25, -0.2) is 9.59 Å². The number of esters is 2. The summed E-state index contributed by atoms with van der Waals surface area (Å²) in [5.41, 5.74) is 2.12. The lowest BCUT2D eigenvalue weighted by Gasteiger charge is -2.21. The summed E-state index contributed by atoms with van der Waals surface area (Å²) in [4.78, 5) is 26.0. The van der Waals surface area contributed by atoms with Gasteiger partial charge in [-0.3, -0.25) is 0 Å². The molecule has 1 aromatic carbocycles. The van der Waals surface area contributed by atoms with Gasteiger partial charge in [0.25, 0.3) is 0 Å². The second kappa shape index (κ2) is 7.11. The van der Waals surface area contributed by atoms with Crippen LogP contribution in [0, 0.1) is 0 Å². The monoisotopic (exact) mass is 303 g/mol. The molecule has 1 atom stereocenters. The maximum absolute atomic E-state index is 12.0. The Balaban J connectivity index is 2.36. The molecule has 2 rings (SSSR count). The van der Waals surface area contributed by atoms with Crippen LogP contribution in [-0.2, 0) is 25.5 Å². The number of benzene rings is 1. The number of ether oxygens (including phenoxy) is 2. The smallest absolute Gasteiger partial charge is 0.347 e. The van der Waals surface area contributed by atoms with E-state index in [0.29, 0.717) is 0 Å². The molecule has 22 heavy (non-hydrogen) atoms. The summed E-state index contributed by atoms with van der Waals surface area (Å²) in [7, 11) is 0. The molecule has 1 aliphatic heterocycles. The first-order chi connectivity index (χ1) is 10.6. The maximum atomic E-state index is 12.0. The average molecular weight is 303 g/mol. The molecule has 0 saturated heterocycles. The van der Waals surface area contributed by atoms with Crippen LogP contribution in [0.1, 0.15) is 26.3 Å². The van der Waals surface area contributed by atoms with Crippen LogP contribution in [0.25, 0.3) is 0 Å². The number of carbonyl (C=O) groups excluding carboxylic acids is 2. The van der Waals surface area contributed by atoms with E-state index in [1.54, 1.807) is 20.0 Å². The first kappa shape index (κ1) is 16.1. The normalized spacial score (nSPS) is 16.0. The zero-order chi connectivity index (χ0) is 16.1. The molecule has 1 aromatic rings. The molecule has 0 bridgehead atoms. The van der Waals surface area contributed by atoms with Gasteiger partial charge in [0.1, 0.15) is 0 Å². The van der Waals surface area contributed by atoms with Crippen LogP contribution < -0.4 is 4.90 Å². The minimum absolute atomic E-state index is 0.0766. The van der Waals surface area contributed by atoms with Gasteiger partial charge in [0.05, 0.1) is 13.2 Å². The number of nitrogens with zero attached hydrogens (tertiary/aromatic N) is 1. The van der Waals surface area contributed by atoms with Crippen molar-refractivity contribution >= 4 is 17.6 Å². The van der Waals surface area contributed by atoms with E-state index in [1.807, 2.05) is 36.1 Å². The first-order valence-electron chi connectivity index (χ1n) is 7.50. The second-order valence-corrected chi connectivity index (χ2v) is 5.07. The molecule has 118 valence electrons. The van der Waals surface area contributed by atoms with E-state index in [-0.39, 0.29) is 24.8 Å². The highest BCUT2D eigenvalue weighted by atomic mass is 16.6. The van der Waals surface area contributed by atoms with Crippen molar-refractivity contribution in [3.05, 3.63) is 41.6 Å².